The molecule has 0 N–H and O–H groups in total. The number of allylic oxidation sites excluding steroid dienone is 2. The van der Waals surface area contributed by atoms with E-state index in [1.807, 2.05) is 0 Å². The van der Waals surface area contributed by atoms with Crippen molar-refractivity contribution in [3.8, 4) is 0 Å². The number of carbonyl (C=O) groups is 4. The van der Waals surface area contributed by atoms with Gasteiger partial charge in [0.1, 0.15) is 15.8 Å². The van der Waals surface area contributed by atoms with Crippen molar-refractivity contribution in [2.75, 3.05) is 0 Å². The van der Waals surface area contributed by atoms with Gasteiger partial charge in [0.2, 0.25) is 0 Å². The van der Waals surface area contributed by atoms with Crippen LogP contribution in [0.15, 0.2) is 52.5 Å². The zero-order valence-corrected chi connectivity index (χ0v) is 26.5. The molecule has 1 saturated heterocycles. The topological polar surface area (TPSA) is 74.8 Å². The Bertz CT molecular complexity index is 1500. The van der Waals surface area contributed by atoms with Gasteiger partial charge in [0.05, 0.1) is 31.9 Å². The van der Waals surface area contributed by atoms with Crippen molar-refractivity contribution in [2.24, 2.45) is 11.8 Å². The SMILES string of the molecule is C[C@@H](C(=O)c1ccc(Cl)cc1)N(C(=O)c1ccc(Cl)c(Cl)c1)N1C(=O)[C@@H]2[C@H](C1=O)[C@@]1(Cl)C(Cl)=C(Cl)[C@@]2(Cl)C1(Cl)Cl. The minimum Gasteiger partial charge on any atom is -0.292 e. The highest BCUT2D eigenvalue weighted by molar-refractivity contribution is 6.66. The molecule has 3 amide bonds. The van der Waals surface area contributed by atoms with E-state index in [2.05, 4.69) is 0 Å². The monoisotopic (exact) mass is 720 g/mol. The van der Waals surface area contributed by atoms with Crippen LogP contribution in [-0.4, -0.2) is 53.6 Å². The Kier molecular flexibility index (Phi) is 7.69. The maximum Gasteiger partial charge on any atom is 0.273 e. The van der Waals surface area contributed by atoms with E-state index in [9.17, 15) is 19.2 Å². The number of alkyl halides is 4. The Morgan fingerprint density at radius 2 is 1.25 bits per heavy atom. The summed E-state index contributed by atoms with van der Waals surface area (Å²) in [6, 6.07) is 8.32. The molecule has 0 radical (unpaired) electrons. The summed E-state index contributed by atoms with van der Waals surface area (Å²) in [7, 11) is 0. The number of hydrazine groups is 1. The summed E-state index contributed by atoms with van der Waals surface area (Å²) in [6.07, 6.45) is 0. The van der Waals surface area contributed by atoms with Gasteiger partial charge in [0.25, 0.3) is 17.7 Å². The maximum atomic E-state index is 14.0. The summed E-state index contributed by atoms with van der Waals surface area (Å²) in [5.41, 5.74) is 0.0734. The molecule has 0 unspecified atom stereocenters. The number of ketones is 1. The molecule has 2 bridgehead atoms. The molecule has 3 aliphatic rings. The summed E-state index contributed by atoms with van der Waals surface area (Å²) in [5, 5.41) is 1.18. The van der Waals surface area contributed by atoms with Gasteiger partial charge in [-0.25, -0.2) is 5.01 Å². The largest absolute Gasteiger partial charge is 0.292 e. The highest BCUT2D eigenvalue weighted by Gasteiger charge is 2.88. The van der Waals surface area contributed by atoms with Gasteiger partial charge in [-0.05, 0) is 49.4 Å². The first-order chi connectivity index (χ1) is 18.5. The van der Waals surface area contributed by atoms with E-state index in [0.29, 0.717) is 15.0 Å². The molecule has 2 aromatic rings. The average molecular weight is 724 g/mol. The van der Waals surface area contributed by atoms with Crippen molar-refractivity contribution < 1.29 is 19.2 Å². The highest BCUT2D eigenvalue weighted by atomic mass is 35.5. The first kappa shape index (κ1) is 30.5. The molecule has 2 aromatic carbocycles. The van der Waals surface area contributed by atoms with Crippen molar-refractivity contribution >= 4 is 128 Å². The van der Waals surface area contributed by atoms with Gasteiger partial charge in [0.15, 0.2) is 10.1 Å². The van der Waals surface area contributed by atoms with Crippen LogP contribution in [0.1, 0.15) is 27.6 Å². The lowest BCUT2D eigenvalue weighted by molar-refractivity contribution is -0.157. The van der Waals surface area contributed by atoms with E-state index in [1.165, 1.54) is 49.4 Å². The number of nitrogens with zero attached hydrogens (tertiary/aromatic N) is 2. The smallest absolute Gasteiger partial charge is 0.273 e. The molecule has 0 spiro atoms. The second-order valence-corrected chi connectivity index (χ2v) is 13.9. The van der Waals surface area contributed by atoms with Crippen LogP contribution >= 0.6 is 104 Å². The summed E-state index contributed by atoms with van der Waals surface area (Å²) in [6.45, 7) is 1.34. The van der Waals surface area contributed by atoms with Gasteiger partial charge < -0.3 is 0 Å². The molecule has 0 aromatic heterocycles. The van der Waals surface area contributed by atoms with Gasteiger partial charge in [-0.15, -0.1) is 23.2 Å². The quantitative estimate of drug-likeness (QED) is 0.180. The third-order valence-corrected chi connectivity index (χ3v) is 12.6. The van der Waals surface area contributed by atoms with Crippen LogP contribution in [-0.2, 0) is 9.59 Å². The number of hydrogen-bond acceptors (Lipinski definition) is 4. The van der Waals surface area contributed by atoms with Gasteiger partial charge >= 0.3 is 0 Å². The number of imide groups is 1. The second kappa shape index (κ2) is 10.1. The highest BCUT2D eigenvalue weighted by Crippen LogP contribution is 2.77. The van der Waals surface area contributed by atoms with Crippen LogP contribution in [0.3, 0.4) is 0 Å². The summed E-state index contributed by atoms with van der Waals surface area (Å²) >= 11 is 57.6. The van der Waals surface area contributed by atoms with Crippen LogP contribution in [0, 0.1) is 11.8 Å². The number of rotatable bonds is 5. The average Bonchev–Trinajstić information content (AvgIpc) is 3.29. The summed E-state index contributed by atoms with van der Waals surface area (Å²) < 4.78 is -2.17. The molecule has 2 fully saturated rings. The molecule has 6 nitrogen and oxygen atoms in total. The predicted molar refractivity (Wildman–Crippen MR) is 157 cm³/mol. The number of benzene rings is 2. The Labute approximate surface area is 272 Å². The van der Waals surface area contributed by atoms with Gasteiger partial charge in [-0.2, -0.15) is 5.01 Å². The molecule has 40 heavy (non-hydrogen) atoms. The number of halogens is 9. The third kappa shape index (κ3) is 3.84. The van der Waals surface area contributed by atoms with Crippen LogP contribution < -0.4 is 0 Å². The fraction of sp³-hybridized carbons (Fsp3) is 0.280. The Morgan fingerprint density at radius 1 is 0.775 bits per heavy atom. The Balaban J connectivity index is 1.64. The Hall–Kier alpha value is -0.930. The molecule has 5 atom stereocenters. The molecule has 5 rings (SSSR count). The zero-order chi connectivity index (χ0) is 29.7. The lowest BCUT2D eigenvalue weighted by Crippen LogP contribution is -2.59. The van der Waals surface area contributed by atoms with Crippen LogP contribution in [0.5, 0.6) is 0 Å². The second-order valence-electron chi connectivity index (χ2n) is 9.40. The minimum absolute atomic E-state index is 0.0226. The molecular formula is C25H13Cl9N2O4. The fourth-order valence-corrected chi connectivity index (χ4v) is 8.71. The minimum atomic E-state index is -2.17. The van der Waals surface area contributed by atoms with E-state index in [-0.39, 0.29) is 31.2 Å². The van der Waals surface area contributed by atoms with E-state index in [1.54, 1.807) is 0 Å². The van der Waals surface area contributed by atoms with Crippen LogP contribution in [0.2, 0.25) is 15.1 Å². The molecule has 210 valence electrons. The van der Waals surface area contributed by atoms with E-state index >= 15 is 0 Å². The molecule has 1 heterocycles. The number of Topliss-reactive ketones (excluding diaryl/α,β-unsaturated/α-hetero) is 1. The third-order valence-electron chi connectivity index (χ3n) is 7.35. The van der Waals surface area contributed by atoms with Crippen LogP contribution in [0.4, 0.5) is 0 Å². The molecule has 15 heteroatoms. The first-order valence-corrected chi connectivity index (χ1v) is 14.7. The van der Waals surface area contributed by atoms with Crippen molar-refractivity contribution in [1.29, 1.82) is 0 Å². The molecular weight excluding hydrogens is 711 g/mol. The van der Waals surface area contributed by atoms with E-state index in [4.69, 9.17) is 104 Å². The van der Waals surface area contributed by atoms with Crippen molar-refractivity contribution in [1.82, 2.24) is 10.0 Å². The van der Waals surface area contributed by atoms with Crippen LogP contribution in [0.25, 0.3) is 0 Å². The maximum absolute atomic E-state index is 14.0. The van der Waals surface area contributed by atoms with Gasteiger partial charge in [-0.3, -0.25) is 19.2 Å². The molecule has 1 saturated carbocycles. The predicted octanol–water partition coefficient (Wildman–Crippen LogP) is 7.72. The van der Waals surface area contributed by atoms with Crippen molar-refractivity contribution in [3.63, 3.8) is 0 Å². The van der Waals surface area contributed by atoms with Gasteiger partial charge in [-0.1, -0.05) is 81.2 Å². The zero-order valence-electron chi connectivity index (χ0n) is 19.7. The van der Waals surface area contributed by atoms with E-state index in [0.717, 1.165) is 0 Å². The number of carbonyl (C=O) groups excluding carboxylic acids is 4. The normalized spacial score (nSPS) is 29.2. The number of fused-ring (bicyclic) bond motifs is 5. The standard InChI is InChI=1S/C25H13Cl9N2O4/c1-9(17(37)10-2-5-12(26)6-3-10)35(20(38)11-4-7-13(27)14(28)8-11)36-21(39)15-16(22(36)40)24(32)19(30)18(29)23(15,31)25(24,33)34/h2-9,15-16H,1H3/t9-,15-,16+,23+,24+/m0/s1. The lowest BCUT2D eigenvalue weighted by atomic mass is 9.84. The van der Waals surface area contributed by atoms with Crippen molar-refractivity contribution in [3.05, 3.63) is 78.7 Å². The molecule has 2 aliphatic carbocycles. The molecule has 1 aliphatic heterocycles. The number of hydrogen-bond donors (Lipinski definition) is 0. The summed E-state index contributed by atoms with van der Waals surface area (Å²) in [5.74, 6) is -6.61. The first-order valence-electron chi connectivity index (χ1n) is 11.3. The van der Waals surface area contributed by atoms with E-state index < -0.39 is 55.5 Å². The summed E-state index contributed by atoms with van der Waals surface area (Å²) in [4.78, 5) is 51.4. The number of amides is 3. The lowest BCUT2D eigenvalue weighted by Gasteiger charge is -2.38. The van der Waals surface area contributed by atoms with Gasteiger partial charge in [0, 0.05) is 16.1 Å². The Morgan fingerprint density at radius 3 is 1.73 bits per heavy atom. The fourth-order valence-electron chi connectivity index (χ4n) is 5.36. The van der Waals surface area contributed by atoms with Crippen molar-refractivity contribution in [2.45, 2.75) is 27.0 Å².